The highest BCUT2D eigenvalue weighted by atomic mass is 79.9. The standard InChI is InChI=1S/C16H15BrFNO/c17-16-9-14(18)6-5-12(16)8-15(20)7-11-3-1-2-4-13(11)10-19/h1-6,9H,7-8,10,19H2. The van der Waals surface area contributed by atoms with Crippen LogP contribution < -0.4 is 5.73 Å². The number of carbonyl (C=O) groups is 1. The van der Waals surface area contributed by atoms with Gasteiger partial charge >= 0.3 is 0 Å². The molecule has 2 aromatic rings. The van der Waals surface area contributed by atoms with Gasteiger partial charge < -0.3 is 5.73 Å². The van der Waals surface area contributed by atoms with Crippen LogP contribution in [0.5, 0.6) is 0 Å². The van der Waals surface area contributed by atoms with Gasteiger partial charge in [-0.3, -0.25) is 4.79 Å². The lowest BCUT2D eigenvalue weighted by Gasteiger charge is -2.08. The fourth-order valence-corrected chi connectivity index (χ4v) is 2.57. The quantitative estimate of drug-likeness (QED) is 0.909. The van der Waals surface area contributed by atoms with Crippen molar-refractivity contribution in [2.24, 2.45) is 5.73 Å². The molecule has 0 atom stereocenters. The van der Waals surface area contributed by atoms with Crippen LogP contribution >= 0.6 is 15.9 Å². The average molecular weight is 336 g/mol. The Bertz CT molecular complexity index is 628. The van der Waals surface area contributed by atoms with Gasteiger partial charge in [0.1, 0.15) is 11.6 Å². The maximum absolute atomic E-state index is 13.0. The molecule has 0 aliphatic rings. The molecule has 2 aromatic carbocycles. The van der Waals surface area contributed by atoms with Crippen LogP contribution in [0.25, 0.3) is 0 Å². The van der Waals surface area contributed by atoms with E-state index in [1.807, 2.05) is 24.3 Å². The summed E-state index contributed by atoms with van der Waals surface area (Å²) in [6.07, 6.45) is 0.622. The monoisotopic (exact) mass is 335 g/mol. The summed E-state index contributed by atoms with van der Waals surface area (Å²) in [6.45, 7) is 0.420. The molecule has 4 heteroatoms. The Hall–Kier alpha value is -1.52. The molecule has 0 saturated carbocycles. The second-order valence-electron chi connectivity index (χ2n) is 4.60. The molecule has 0 fully saturated rings. The lowest BCUT2D eigenvalue weighted by Crippen LogP contribution is -2.10. The first-order valence-electron chi connectivity index (χ1n) is 6.32. The molecule has 0 saturated heterocycles. The molecule has 2 nitrogen and oxygen atoms in total. The van der Waals surface area contributed by atoms with Crippen LogP contribution in [-0.2, 0) is 24.2 Å². The molecule has 2 rings (SSSR count). The predicted octanol–water partition coefficient (Wildman–Crippen LogP) is 3.40. The van der Waals surface area contributed by atoms with Crippen molar-refractivity contribution < 1.29 is 9.18 Å². The molecule has 0 aliphatic carbocycles. The summed E-state index contributed by atoms with van der Waals surface area (Å²) in [5.74, 6) is -0.236. The molecule has 0 unspecified atom stereocenters. The highest BCUT2D eigenvalue weighted by Crippen LogP contribution is 2.19. The Kier molecular flexibility index (Phi) is 5.04. The predicted molar refractivity (Wildman–Crippen MR) is 80.8 cm³/mol. The average Bonchev–Trinajstić information content (AvgIpc) is 2.42. The summed E-state index contributed by atoms with van der Waals surface area (Å²) in [6, 6.07) is 12.0. The Morgan fingerprint density at radius 2 is 1.70 bits per heavy atom. The minimum absolute atomic E-state index is 0.0817. The van der Waals surface area contributed by atoms with Gasteiger partial charge in [0.15, 0.2) is 0 Å². The second kappa shape index (κ2) is 6.77. The zero-order valence-corrected chi connectivity index (χ0v) is 12.5. The topological polar surface area (TPSA) is 43.1 Å². The van der Waals surface area contributed by atoms with Gasteiger partial charge in [-0.2, -0.15) is 0 Å². The van der Waals surface area contributed by atoms with Crippen LogP contribution in [-0.4, -0.2) is 5.78 Å². The third kappa shape index (κ3) is 3.74. The summed E-state index contributed by atoms with van der Waals surface area (Å²) in [5, 5.41) is 0. The van der Waals surface area contributed by atoms with Gasteiger partial charge in [0.05, 0.1) is 0 Å². The molecular formula is C16H15BrFNO. The molecule has 0 bridgehead atoms. The van der Waals surface area contributed by atoms with E-state index in [4.69, 9.17) is 5.73 Å². The molecular weight excluding hydrogens is 321 g/mol. The van der Waals surface area contributed by atoms with Crippen molar-refractivity contribution in [3.63, 3.8) is 0 Å². The maximum Gasteiger partial charge on any atom is 0.141 e. The number of rotatable bonds is 5. The number of benzene rings is 2. The lowest BCUT2D eigenvalue weighted by atomic mass is 9.99. The van der Waals surface area contributed by atoms with Gasteiger partial charge in [0, 0.05) is 23.9 Å². The van der Waals surface area contributed by atoms with Crippen LogP contribution in [0.2, 0.25) is 0 Å². The minimum Gasteiger partial charge on any atom is -0.326 e. The molecule has 2 N–H and O–H groups in total. The van der Waals surface area contributed by atoms with E-state index in [1.54, 1.807) is 6.07 Å². The van der Waals surface area contributed by atoms with Crippen molar-refractivity contribution in [2.75, 3.05) is 0 Å². The third-order valence-electron chi connectivity index (χ3n) is 3.13. The van der Waals surface area contributed by atoms with E-state index in [0.717, 1.165) is 16.7 Å². The van der Waals surface area contributed by atoms with Crippen molar-refractivity contribution in [1.82, 2.24) is 0 Å². The van der Waals surface area contributed by atoms with Gasteiger partial charge in [-0.15, -0.1) is 0 Å². The Morgan fingerprint density at radius 3 is 2.35 bits per heavy atom. The van der Waals surface area contributed by atoms with Gasteiger partial charge in [0.25, 0.3) is 0 Å². The summed E-state index contributed by atoms with van der Waals surface area (Å²) in [7, 11) is 0. The highest BCUT2D eigenvalue weighted by Gasteiger charge is 2.10. The van der Waals surface area contributed by atoms with Crippen molar-refractivity contribution >= 4 is 21.7 Å². The van der Waals surface area contributed by atoms with Crippen LogP contribution in [0, 0.1) is 5.82 Å². The Balaban J connectivity index is 2.09. The summed E-state index contributed by atoms with van der Waals surface area (Å²) in [5.41, 5.74) is 8.39. The second-order valence-corrected chi connectivity index (χ2v) is 5.46. The Morgan fingerprint density at radius 1 is 1.05 bits per heavy atom. The molecule has 0 radical (unpaired) electrons. The van der Waals surface area contributed by atoms with E-state index in [-0.39, 0.29) is 18.0 Å². The van der Waals surface area contributed by atoms with E-state index in [2.05, 4.69) is 15.9 Å². The van der Waals surface area contributed by atoms with Crippen molar-refractivity contribution in [2.45, 2.75) is 19.4 Å². The van der Waals surface area contributed by atoms with E-state index < -0.39 is 0 Å². The first kappa shape index (κ1) is 14.9. The van der Waals surface area contributed by atoms with Crippen molar-refractivity contribution in [3.05, 3.63) is 69.4 Å². The van der Waals surface area contributed by atoms with Crippen LogP contribution in [0.3, 0.4) is 0 Å². The number of Topliss-reactive ketones (excluding diaryl/α,β-unsaturated/α-hetero) is 1. The van der Waals surface area contributed by atoms with E-state index >= 15 is 0 Å². The number of ketones is 1. The number of hydrogen-bond acceptors (Lipinski definition) is 2. The van der Waals surface area contributed by atoms with Crippen LogP contribution in [0.1, 0.15) is 16.7 Å². The molecule has 0 heterocycles. The number of halogens is 2. The van der Waals surface area contributed by atoms with Crippen molar-refractivity contribution in [3.8, 4) is 0 Å². The fraction of sp³-hybridized carbons (Fsp3) is 0.188. The van der Waals surface area contributed by atoms with Crippen molar-refractivity contribution in [1.29, 1.82) is 0 Å². The molecule has 0 aromatic heterocycles. The van der Waals surface area contributed by atoms with Crippen LogP contribution in [0.15, 0.2) is 46.9 Å². The fourth-order valence-electron chi connectivity index (χ4n) is 2.08. The first-order valence-corrected chi connectivity index (χ1v) is 7.12. The van der Waals surface area contributed by atoms with Gasteiger partial charge in [-0.1, -0.05) is 46.3 Å². The first-order chi connectivity index (χ1) is 9.60. The van der Waals surface area contributed by atoms with E-state index in [1.165, 1.54) is 12.1 Å². The third-order valence-corrected chi connectivity index (χ3v) is 3.87. The van der Waals surface area contributed by atoms with Gasteiger partial charge in [-0.05, 0) is 28.8 Å². The highest BCUT2D eigenvalue weighted by molar-refractivity contribution is 9.10. The largest absolute Gasteiger partial charge is 0.326 e. The molecule has 104 valence electrons. The summed E-state index contributed by atoms with van der Waals surface area (Å²) < 4.78 is 13.6. The van der Waals surface area contributed by atoms with Crippen LogP contribution in [0.4, 0.5) is 4.39 Å². The zero-order valence-electron chi connectivity index (χ0n) is 10.9. The Labute approximate surface area is 125 Å². The molecule has 0 amide bonds. The number of carbonyl (C=O) groups excluding carboxylic acids is 1. The smallest absolute Gasteiger partial charge is 0.141 e. The SMILES string of the molecule is NCc1ccccc1CC(=O)Cc1ccc(F)cc1Br. The van der Waals surface area contributed by atoms with Gasteiger partial charge in [-0.25, -0.2) is 4.39 Å². The molecule has 20 heavy (non-hydrogen) atoms. The van der Waals surface area contributed by atoms with E-state index in [9.17, 15) is 9.18 Å². The summed E-state index contributed by atoms with van der Waals surface area (Å²) >= 11 is 3.28. The number of nitrogens with two attached hydrogens (primary N) is 1. The normalized spacial score (nSPS) is 10.6. The summed E-state index contributed by atoms with van der Waals surface area (Å²) in [4.78, 5) is 12.1. The van der Waals surface area contributed by atoms with Gasteiger partial charge in [0.2, 0.25) is 0 Å². The minimum atomic E-state index is -0.318. The maximum atomic E-state index is 13.0. The molecule has 0 spiro atoms. The molecule has 0 aliphatic heterocycles. The lowest BCUT2D eigenvalue weighted by molar-refractivity contribution is -0.117. The number of hydrogen-bond donors (Lipinski definition) is 1. The zero-order chi connectivity index (χ0) is 14.5. The van der Waals surface area contributed by atoms with E-state index in [0.29, 0.717) is 17.4 Å².